The van der Waals surface area contributed by atoms with Crippen molar-refractivity contribution in [3.05, 3.63) is 46.0 Å². The number of hydrogen-bond acceptors (Lipinski definition) is 7. The highest BCUT2D eigenvalue weighted by molar-refractivity contribution is 5.93. The van der Waals surface area contributed by atoms with E-state index in [1.165, 1.54) is 18.5 Å². The smallest absolute Gasteiger partial charge is 0.304 e. The Bertz CT molecular complexity index is 951. The van der Waals surface area contributed by atoms with E-state index in [0.29, 0.717) is 11.6 Å². The van der Waals surface area contributed by atoms with E-state index in [0.717, 1.165) is 4.68 Å². The van der Waals surface area contributed by atoms with Crippen LogP contribution in [0.15, 0.2) is 27.7 Å². The number of ketones is 2. The normalized spacial score (nSPS) is 13.1. The number of Topliss-reactive ketones (excluding diaryl/α,β-unsaturated/α-hetero) is 2. The van der Waals surface area contributed by atoms with Crippen LogP contribution in [0.5, 0.6) is 0 Å². The fraction of sp³-hybridized carbons (Fsp3) is 0.474. The number of carboxylic acids is 1. The molecule has 2 aromatic rings. The summed E-state index contributed by atoms with van der Waals surface area (Å²) < 4.78 is 19.0. The molecule has 0 spiro atoms. The Morgan fingerprint density at radius 1 is 1.28 bits per heavy atom. The van der Waals surface area contributed by atoms with Crippen LogP contribution >= 0.6 is 0 Å². The van der Waals surface area contributed by atoms with Crippen molar-refractivity contribution in [2.45, 2.75) is 45.6 Å². The van der Waals surface area contributed by atoms with Crippen molar-refractivity contribution in [2.24, 2.45) is 5.92 Å². The zero-order valence-electron chi connectivity index (χ0n) is 16.1. The summed E-state index contributed by atoms with van der Waals surface area (Å²) >= 11 is 0. The van der Waals surface area contributed by atoms with Gasteiger partial charge in [0.15, 0.2) is 11.7 Å². The molecular formula is C19H22FN3O6. The van der Waals surface area contributed by atoms with Gasteiger partial charge in [-0.2, -0.15) is 5.10 Å². The summed E-state index contributed by atoms with van der Waals surface area (Å²) in [6.45, 7) is 2.06. The van der Waals surface area contributed by atoms with E-state index in [2.05, 4.69) is 10.1 Å². The van der Waals surface area contributed by atoms with Gasteiger partial charge in [0, 0.05) is 36.9 Å². The lowest BCUT2D eigenvalue weighted by molar-refractivity contribution is -0.141. The summed E-state index contributed by atoms with van der Waals surface area (Å²) in [6, 6.07) is 1.42. The van der Waals surface area contributed by atoms with E-state index < -0.39 is 54.4 Å². The highest BCUT2D eigenvalue weighted by Gasteiger charge is 2.29. The molecule has 29 heavy (non-hydrogen) atoms. The van der Waals surface area contributed by atoms with Gasteiger partial charge in [-0.1, -0.05) is 6.92 Å². The third kappa shape index (κ3) is 5.66. The van der Waals surface area contributed by atoms with Gasteiger partial charge in [-0.25, -0.2) is 14.1 Å². The van der Waals surface area contributed by atoms with Crippen molar-refractivity contribution in [1.82, 2.24) is 14.8 Å². The number of aryl methyl sites for hydroxylation is 1. The molecule has 10 heteroatoms. The molecule has 156 valence electrons. The number of oxazole rings is 1. The van der Waals surface area contributed by atoms with E-state index in [1.807, 2.05) is 0 Å². The maximum Gasteiger partial charge on any atom is 0.304 e. The standard InChI is InChI=1S/C19H22FN3O6/c1-3-14(16(24)6-12(7-18(26)27)17(25)8-20)15-4-5-21-23(19(15)28)9-13-10-29-11(2)22-13/h4-5,10,12,14H,3,6-9H2,1-2H3,(H,26,27). The summed E-state index contributed by atoms with van der Waals surface area (Å²) in [5.41, 5.74) is 0.165. The van der Waals surface area contributed by atoms with E-state index in [4.69, 9.17) is 9.52 Å². The second-order valence-electron chi connectivity index (χ2n) is 6.63. The Morgan fingerprint density at radius 3 is 2.55 bits per heavy atom. The van der Waals surface area contributed by atoms with Crippen molar-refractivity contribution >= 4 is 17.5 Å². The number of carbonyl (C=O) groups is 3. The average Bonchev–Trinajstić information content (AvgIpc) is 3.08. The molecule has 0 saturated carbocycles. The molecule has 0 amide bonds. The molecule has 0 aliphatic rings. The molecule has 0 fully saturated rings. The SMILES string of the molecule is CCC(C(=O)CC(CC(=O)O)C(=O)CF)c1ccnn(Cc2coc(C)n2)c1=O. The number of carbonyl (C=O) groups excluding carboxylic acids is 2. The van der Waals surface area contributed by atoms with Crippen molar-refractivity contribution in [2.75, 3.05) is 6.67 Å². The quantitative estimate of drug-likeness (QED) is 0.595. The lowest BCUT2D eigenvalue weighted by Crippen LogP contribution is -2.31. The first kappa shape index (κ1) is 22.1. The third-order valence-corrected chi connectivity index (χ3v) is 4.55. The Hall–Kier alpha value is -3.17. The number of alkyl halides is 1. The lowest BCUT2D eigenvalue weighted by Gasteiger charge is -2.17. The van der Waals surface area contributed by atoms with E-state index in [-0.39, 0.29) is 18.5 Å². The first-order valence-electron chi connectivity index (χ1n) is 9.07. The molecule has 2 unspecified atom stereocenters. The molecule has 0 aromatic carbocycles. The predicted molar refractivity (Wildman–Crippen MR) is 98.2 cm³/mol. The summed E-state index contributed by atoms with van der Waals surface area (Å²) in [6.07, 6.45) is 1.94. The number of halogens is 1. The molecule has 0 bridgehead atoms. The Morgan fingerprint density at radius 2 is 2.00 bits per heavy atom. The van der Waals surface area contributed by atoms with Gasteiger partial charge in [-0.05, 0) is 12.5 Å². The highest BCUT2D eigenvalue weighted by atomic mass is 19.1. The molecule has 1 N–H and O–H groups in total. The van der Waals surface area contributed by atoms with Gasteiger partial charge in [0.25, 0.3) is 5.56 Å². The van der Waals surface area contributed by atoms with Gasteiger partial charge >= 0.3 is 5.97 Å². The van der Waals surface area contributed by atoms with Crippen LogP contribution in [0.25, 0.3) is 0 Å². The average molecular weight is 407 g/mol. The zero-order valence-corrected chi connectivity index (χ0v) is 16.1. The number of aromatic nitrogens is 3. The maximum atomic E-state index is 12.8. The fourth-order valence-corrected chi connectivity index (χ4v) is 3.10. The third-order valence-electron chi connectivity index (χ3n) is 4.55. The maximum absolute atomic E-state index is 12.8. The monoisotopic (exact) mass is 407 g/mol. The highest BCUT2D eigenvalue weighted by Crippen LogP contribution is 2.23. The molecule has 0 radical (unpaired) electrons. The minimum atomic E-state index is -1.35. The number of rotatable bonds is 11. The van der Waals surface area contributed by atoms with Gasteiger partial charge in [0.05, 0.1) is 13.0 Å². The first-order chi connectivity index (χ1) is 13.8. The van der Waals surface area contributed by atoms with E-state index in [1.54, 1.807) is 13.8 Å². The van der Waals surface area contributed by atoms with Gasteiger partial charge in [-0.15, -0.1) is 0 Å². The second-order valence-corrected chi connectivity index (χ2v) is 6.63. The van der Waals surface area contributed by atoms with Crippen LogP contribution in [0.2, 0.25) is 0 Å². The Balaban J connectivity index is 2.27. The van der Waals surface area contributed by atoms with Gasteiger partial charge in [-0.3, -0.25) is 19.2 Å². The predicted octanol–water partition coefficient (Wildman–Crippen LogP) is 1.67. The Labute approximate surface area is 165 Å². The van der Waals surface area contributed by atoms with Crippen LogP contribution < -0.4 is 5.56 Å². The van der Waals surface area contributed by atoms with Crippen LogP contribution in [0, 0.1) is 12.8 Å². The first-order valence-corrected chi connectivity index (χ1v) is 9.07. The molecule has 2 aromatic heterocycles. The minimum absolute atomic E-state index is 0.0522. The molecule has 0 aliphatic carbocycles. The largest absolute Gasteiger partial charge is 0.481 e. The molecule has 0 aliphatic heterocycles. The van der Waals surface area contributed by atoms with Gasteiger partial charge in [0.2, 0.25) is 0 Å². The number of nitrogens with zero attached hydrogens (tertiary/aromatic N) is 3. The van der Waals surface area contributed by atoms with Crippen LogP contribution in [0.1, 0.15) is 49.3 Å². The van der Waals surface area contributed by atoms with Crippen LogP contribution in [0.3, 0.4) is 0 Å². The number of hydrogen-bond donors (Lipinski definition) is 1. The zero-order chi connectivity index (χ0) is 21.6. The summed E-state index contributed by atoms with van der Waals surface area (Å²) in [5.74, 6) is -4.42. The lowest BCUT2D eigenvalue weighted by atomic mass is 9.85. The molecule has 0 saturated heterocycles. The fourth-order valence-electron chi connectivity index (χ4n) is 3.10. The van der Waals surface area contributed by atoms with Crippen molar-refractivity contribution in [3.63, 3.8) is 0 Å². The van der Waals surface area contributed by atoms with Gasteiger partial charge in [0.1, 0.15) is 24.4 Å². The van der Waals surface area contributed by atoms with Crippen molar-refractivity contribution in [3.8, 4) is 0 Å². The summed E-state index contributed by atoms with van der Waals surface area (Å²) in [7, 11) is 0. The van der Waals surface area contributed by atoms with Crippen LogP contribution in [-0.4, -0.2) is 44.1 Å². The van der Waals surface area contributed by atoms with E-state index in [9.17, 15) is 23.6 Å². The van der Waals surface area contributed by atoms with Gasteiger partial charge < -0.3 is 9.52 Å². The Kier molecular flexibility index (Phi) is 7.52. The molecule has 2 rings (SSSR count). The molecule has 2 heterocycles. The molecule has 2 atom stereocenters. The molecular weight excluding hydrogens is 385 g/mol. The van der Waals surface area contributed by atoms with Crippen LogP contribution in [-0.2, 0) is 20.9 Å². The van der Waals surface area contributed by atoms with E-state index >= 15 is 0 Å². The van der Waals surface area contributed by atoms with Crippen LogP contribution in [0.4, 0.5) is 4.39 Å². The summed E-state index contributed by atoms with van der Waals surface area (Å²) in [4.78, 5) is 52.3. The minimum Gasteiger partial charge on any atom is -0.481 e. The van der Waals surface area contributed by atoms with Crippen molar-refractivity contribution < 1.29 is 28.3 Å². The topological polar surface area (TPSA) is 132 Å². The number of carboxylic acid groups (broad SMARTS) is 1. The number of aliphatic carboxylic acids is 1. The van der Waals surface area contributed by atoms with Crippen molar-refractivity contribution in [1.29, 1.82) is 0 Å². The second kappa shape index (κ2) is 9.85. The summed E-state index contributed by atoms with van der Waals surface area (Å²) in [5, 5.41) is 12.9. The molecule has 9 nitrogen and oxygen atoms in total.